The number of benzene rings is 1. The summed E-state index contributed by atoms with van der Waals surface area (Å²) in [6.45, 7) is 6.72. The lowest BCUT2D eigenvalue weighted by Gasteiger charge is -2.30. The van der Waals surface area contributed by atoms with Crippen LogP contribution in [0.5, 0.6) is 0 Å². The van der Waals surface area contributed by atoms with Crippen molar-refractivity contribution < 1.29 is 9.53 Å². The first kappa shape index (κ1) is 18.8. The summed E-state index contributed by atoms with van der Waals surface area (Å²) >= 11 is 5.59. The Hall–Kier alpha value is -1.99. The van der Waals surface area contributed by atoms with Gasteiger partial charge in [-0.25, -0.2) is 4.68 Å². The average Bonchev–Trinajstić information content (AvgIpc) is 2.91. The highest BCUT2D eigenvalue weighted by molar-refractivity contribution is 7.71. The van der Waals surface area contributed by atoms with Gasteiger partial charge in [0.2, 0.25) is 0 Å². The molecule has 2 aromatic rings. The van der Waals surface area contributed by atoms with Gasteiger partial charge >= 0.3 is 5.97 Å². The molecule has 2 heterocycles. The molecule has 0 unspecified atom stereocenters. The summed E-state index contributed by atoms with van der Waals surface area (Å²) in [4.78, 5) is 14.2. The molecule has 1 aromatic carbocycles. The zero-order valence-corrected chi connectivity index (χ0v) is 16.5. The Morgan fingerprint density at radius 1 is 1.31 bits per heavy atom. The summed E-state index contributed by atoms with van der Waals surface area (Å²) in [5, 5.41) is 4.76. The lowest BCUT2D eigenvalue weighted by atomic mass is 9.97. The molecule has 0 amide bonds. The zero-order chi connectivity index (χ0) is 18.7. The van der Waals surface area contributed by atoms with Gasteiger partial charge < -0.3 is 9.30 Å². The lowest BCUT2D eigenvalue weighted by Crippen LogP contribution is -2.38. The Morgan fingerprint density at radius 2 is 2.00 bits per heavy atom. The van der Waals surface area contributed by atoms with Gasteiger partial charge in [-0.2, -0.15) is 5.10 Å². The molecule has 1 aliphatic heterocycles. The Bertz CT molecular complexity index is 834. The number of aromatic nitrogens is 3. The molecule has 6 nitrogen and oxygen atoms in total. The number of carbonyl (C=O) groups is 1. The minimum atomic E-state index is -0.0663. The van der Waals surface area contributed by atoms with Crippen molar-refractivity contribution in [2.45, 2.75) is 33.4 Å². The van der Waals surface area contributed by atoms with Crippen LogP contribution in [-0.4, -0.2) is 44.9 Å². The minimum Gasteiger partial charge on any atom is -0.466 e. The fourth-order valence-electron chi connectivity index (χ4n) is 3.40. The number of rotatable bonds is 5. The van der Waals surface area contributed by atoms with Gasteiger partial charge in [0.1, 0.15) is 0 Å². The highest BCUT2D eigenvalue weighted by Gasteiger charge is 2.26. The van der Waals surface area contributed by atoms with E-state index in [0.717, 1.165) is 37.3 Å². The second-order valence-electron chi connectivity index (χ2n) is 6.77. The normalized spacial score (nSPS) is 16.0. The van der Waals surface area contributed by atoms with E-state index in [1.54, 1.807) is 0 Å². The van der Waals surface area contributed by atoms with E-state index in [-0.39, 0.29) is 11.9 Å². The molecule has 0 N–H and O–H groups in total. The molecule has 0 atom stereocenters. The van der Waals surface area contributed by atoms with Gasteiger partial charge in [-0.05, 0) is 44.5 Å². The van der Waals surface area contributed by atoms with E-state index in [4.69, 9.17) is 22.1 Å². The van der Waals surface area contributed by atoms with Crippen LogP contribution in [0.4, 0.5) is 0 Å². The predicted molar refractivity (Wildman–Crippen MR) is 103 cm³/mol. The molecule has 0 bridgehead atoms. The molecular formula is C19H26N4O2S. The van der Waals surface area contributed by atoms with Crippen molar-refractivity contribution in [3.8, 4) is 11.4 Å². The zero-order valence-electron chi connectivity index (χ0n) is 15.6. The number of aryl methyl sites for hydroxylation is 1. The first-order valence-electron chi connectivity index (χ1n) is 9.10. The summed E-state index contributed by atoms with van der Waals surface area (Å²) in [6.07, 6.45) is 1.65. The van der Waals surface area contributed by atoms with Crippen molar-refractivity contribution in [2.75, 3.05) is 19.7 Å². The Balaban J connectivity index is 1.70. The van der Waals surface area contributed by atoms with Gasteiger partial charge in [0.15, 0.2) is 10.6 Å². The standard InChI is InChI=1S/C19H26N4O2S/c1-4-25-18(24)15-9-11-22(12-10-15)13-23-19(26)21(3)17(20-23)16-8-6-5-7-14(16)2/h5-8,15H,4,9-13H2,1-3H3. The topological polar surface area (TPSA) is 52.3 Å². The van der Waals surface area contributed by atoms with Crippen LogP contribution in [0.3, 0.4) is 0 Å². The van der Waals surface area contributed by atoms with E-state index >= 15 is 0 Å². The molecule has 0 aliphatic carbocycles. The summed E-state index contributed by atoms with van der Waals surface area (Å²) in [5.74, 6) is 0.836. The smallest absolute Gasteiger partial charge is 0.309 e. The van der Waals surface area contributed by atoms with Crippen LogP contribution in [0.25, 0.3) is 11.4 Å². The maximum absolute atomic E-state index is 11.9. The van der Waals surface area contributed by atoms with Crippen LogP contribution < -0.4 is 0 Å². The summed E-state index contributed by atoms with van der Waals surface area (Å²) in [6, 6.07) is 8.20. The fraction of sp³-hybridized carbons (Fsp3) is 0.526. The van der Waals surface area contributed by atoms with Gasteiger partial charge in [-0.15, -0.1) is 0 Å². The number of esters is 1. The Morgan fingerprint density at radius 3 is 2.65 bits per heavy atom. The number of likely N-dealkylation sites (tertiary alicyclic amines) is 1. The third-order valence-corrected chi connectivity index (χ3v) is 5.45. The molecule has 0 saturated carbocycles. The van der Waals surface area contributed by atoms with Crippen LogP contribution in [0.15, 0.2) is 24.3 Å². The molecule has 0 spiro atoms. The largest absolute Gasteiger partial charge is 0.466 e. The average molecular weight is 375 g/mol. The molecule has 26 heavy (non-hydrogen) atoms. The number of hydrogen-bond acceptors (Lipinski definition) is 5. The quantitative estimate of drug-likeness (QED) is 0.594. The molecule has 1 aromatic heterocycles. The maximum Gasteiger partial charge on any atom is 0.309 e. The van der Waals surface area contributed by atoms with E-state index in [9.17, 15) is 4.79 Å². The van der Waals surface area contributed by atoms with Crippen molar-refractivity contribution in [1.29, 1.82) is 0 Å². The third kappa shape index (κ3) is 3.88. The first-order valence-corrected chi connectivity index (χ1v) is 9.51. The van der Waals surface area contributed by atoms with Crippen LogP contribution >= 0.6 is 12.2 Å². The van der Waals surface area contributed by atoms with Gasteiger partial charge in [-0.1, -0.05) is 24.3 Å². The predicted octanol–water partition coefficient (Wildman–Crippen LogP) is 3.16. The molecule has 3 rings (SSSR count). The second-order valence-corrected chi connectivity index (χ2v) is 7.13. The highest BCUT2D eigenvalue weighted by Crippen LogP contribution is 2.23. The highest BCUT2D eigenvalue weighted by atomic mass is 32.1. The van der Waals surface area contributed by atoms with E-state index in [1.165, 1.54) is 5.56 Å². The number of piperidine rings is 1. The van der Waals surface area contributed by atoms with Crippen LogP contribution in [0.2, 0.25) is 0 Å². The second kappa shape index (κ2) is 8.14. The van der Waals surface area contributed by atoms with Gasteiger partial charge in [0.25, 0.3) is 0 Å². The third-order valence-electron chi connectivity index (χ3n) is 4.97. The summed E-state index contributed by atoms with van der Waals surface area (Å²) < 4.78 is 9.68. The summed E-state index contributed by atoms with van der Waals surface area (Å²) in [5.41, 5.74) is 2.28. The van der Waals surface area contributed by atoms with Gasteiger partial charge in [-0.3, -0.25) is 9.69 Å². The summed E-state index contributed by atoms with van der Waals surface area (Å²) in [7, 11) is 1.96. The van der Waals surface area contributed by atoms with Gasteiger partial charge in [0, 0.05) is 25.7 Å². The van der Waals surface area contributed by atoms with E-state index in [2.05, 4.69) is 24.0 Å². The van der Waals surface area contributed by atoms with Crippen molar-refractivity contribution in [3.63, 3.8) is 0 Å². The van der Waals surface area contributed by atoms with Crippen LogP contribution in [0.1, 0.15) is 25.3 Å². The molecule has 1 aliphatic rings. The molecule has 0 radical (unpaired) electrons. The van der Waals surface area contributed by atoms with Crippen LogP contribution in [0, 0.1) is 17.6 Å². The van der Waals surface area contributed by atoms with E-state index in [0.29, 0.717) is 18.0 Å². The van der Waals surface area contributed by atoms with Crippen molar-refractivity contribution >= 4 is 18.2 Å². The Labute approximate surface area is 159 Å². The first-order chi connectivity index (χ1) is 12.5. The van der Waals surface area contributed by atoms with Crippen LogP contribution in [-0.2, 0) is 23.2 Å². The van der Waals surface area contributed by atoms with Crippen molar-refractivity contribution in [3.05, 3.63) is 34.6 Å². The molecule has 7 heteroatoms. The molecule has 140 valence electrons. The number of carbonyl (C=O) groups excluding carboxylic acids is 1. The van der Waals surface area contributed by atoms with Gasteiger partial charge in [0.05, 0.1) is 19.2 Å². The maximum atomic E-state index is 11.9. The van der Waals surface area contributed by atoms with E-state index in [1.807, 2.05) is 35.4 Å². The number of ether oxygens (including phenoxy) is 1. The number of hydrogen-bond donors (Lipinski definition) is 0. The molecular weight excluding hydrogens is 348 g/mol. The minimum absolute atomic E-state index is 0.0189. The monoisotopic (exact) mass is 374 g/mol. The molecule has 1 saturated heterocycles. The Kier molecular flexibility index (Phi) is 5.88. The lowest BCUT2D eigenvalue weighted by molar-refractivity contribution is -0.149. The fourth-order valence-corrected chi connectivity index (χ4v) is 3.58. The number of nitrogens with zero attached hydrogens (tertiary/aromatic N) is 4. The van der Waals surface area contributed by atoms with E-state index < -0.39 is 0 Å². The SMILES string of the molecule is CCOC(=O)C1CCN(Cn2nc(-c3ccccc3C)n(C)c2=S)CC1. The van der Waals surface area contributed by atoms with Crippen molar-refractivity contribution in [1.82, 2.24) is 19.2 Å². The molecule has 1 fully saturated rings. The van der Waals surface area contributed by atoms with Crippen molar-refractivity contribution in [2.24, 2.45) is 13.0 Å².